The van der Waals surface area contributed by atoms with Crippen molar-refractivity contribution in [3.05, 3.63) is 72.6 Å². The van der Waals surface area contributed by atoms with Gasteiger partial charge in [0.25, 0.3) is 0 Å². The topological polar surface area (TPSA) is 53.6 Å². The predicted octanol–water partition coefficient (Wildman–Crippen LogP) is 6.10. The average Bonchev–Trinajstić information content (AvgIpc) is 3.17. The number of aromatic nitrogens is 3. The van der Waals surface area contributed by atoms with E-state index < -0.39 is 0 Å². The van der Waals surface area contributed by atoms with Crippen LogP contribution in [0.1, 0.15) is 45.7 Å². The third-order valence-corrected chi connectivity index (χ3v) is 4.28. The second-order valence-corrected chi connectivity index (χ2v) is 6.23. The number of H-pyrrole nitrogens is 1. The maximum absolute atomic E-state index is 13.3. The van der Waals surface area contributed by atoms with E-state index in [0.29, 0.717) is 6.54 Å². The predicted molar refractivity (Wildman–Crippen MR) is 114 cm³/mol. The van der Waals surface area contributed by atoms with Crippen LogP contribution in [-0.2, 0) is 6.54 Å². The van der Waals surface area contributed by atoms with Crippen LogP contribution in [0.4, 0.5) is 4.39 Å². The molecule has 3 aromatic rings. The van der Waals surface area contributed by atoms with Crippen LogP contribution in [0.3, 0.4) is 0 Å². The average molecular weight is 381 g/mol. The van der Waals surface area contributed by atoms with E-state index in [-0.39, 0.29) is 5.82 Å². The van der Waals surface area contributed by atoms with Crippen LogP contribution in [0.25, 0.3) is 22.4 Å². The Balaban J connectivity index is 0.00000136. The van der Waals surface area contributed by atoms with Crippen molar-refractivity contribution in [1.29, 1.82) is 0 Å². The summed E-state index contributed by atoms with van der Waals surface area (Å²) >= 11 is 0. The van der Waals surface area contributed by atoms with E-state index in [1.165, 1.54) is 12.1 Å². The first-order valence-electron chi connectivity index (χ1n) is 9.84. The second kappa shape index (κ2) is 11.0. The van der Waals surface area contributed by atoms with E-state index in [1.54, 1.807) is 24.5 Å². The van der Waals surface area contributed by atoms with E-state index in [0.717, 1.165) is 53.0 Å². The van der Waals surface area contributed by atoms with Gasteiger partial charge in [0, 0.05) is 29.2 Å². The highest BCUT2D eigenvalue weighted by molar-refractivity contribution is 5.82. The molecule has 5 heteroatoms. The van der Waals surface area contributed by atoms with Gasteiger partial charge in [-0.05, 0) is 54.8 Å². The molecule has 0 spiro atoms. The van der Waals surface area contributed by atoms with Crippen molar-refractivity contribution >= 4 is 0 Å². The minimum atomic E-state index is -0.260. The summed E-state index contributed by atoms with van der Waals surface area (Å²) in [5.41, 5.74) is 5.66. The molecular weight excluding hydrogens is 351 g/mol. The van der Waals surface area contributed by atoms with Gasteiger partial charge < -0.3 is 5.32 Å². The van der Waals surface area contributed by atoms with E-state index in [1.807, 2.05) is 26.0 Å². The number of pyridine rings is 1. The van der Waals surface area contributed by atoms with E-state index >= 15 is 0 Å². The summed E-state index contributed by atoms with van der Waals surface area (Å²) in [7, 11) is 0. The Hall–Kier alpha value is -2.95. The molecule has 4 nitrogen and oxygen atoms in total. The fourth-order valence-electron chi connectivity index (χ4n) is 2.84. The number of aromatic amines is 1. The van der Waals surface area contributed by atoms with Crippen LogP contribution in [0, 0.1) is 5.82 Å². The lowest BCUT2D eigenvalue weighted by Gasteiger charge is -2.10. The van der Waals surface area contributed by atoms with Gasteiger partial charge in [0.2, 0.25) is 0 Å². The summed E-state index contributed by atoms with van der Waals surface area (Å²) in [6.45, 7) is 10.9. The summed E-state index contributed by atoms with van der Waals surface area (Å²) in [5, 5.41) is 11.0. The molecule has 0 saturated carbocycles. The summed E-state index contributed by atoms with van der Waals surface area (Å²) < 4.78 is 13.3. The van der Waals surface area contributed by atoms with E-state index in [9.17, 15) is 4.39 Å². The molecule has 3 rings (SSSR count). The SMILES string of the molecule is C=C(CCCC)NCc1[nH]nc(-c2ccc(F)cc2)c1-c1ccncc1.CC. The van der Waals surface area contributed by atoms with Crippen molar-refractivity contribution in [3.63, 3.8) is 0 Å². The van der Waals surface area contributed by atoms with Crippen molar-refractivity contribution in [2.75, 3.05) is 0 Å². The van der Waals surface area contributed by atoms with Crippen LogP contribution in [0.2, 0.25) is 0 Å². The fraction of sp³-hybridized carbons (Fsp3) is 0.304. The van der Waals surface area contributed by atoms with Crippen LogP contribution < -0.4 is 5.32 Å². The summed E-state index contributed by atoms with van der Waals surface area (Å²) in [6, 6.07) is 10.3. The molecule has 0 saturated heterocycles. The third kappa shape index (κ3) is 5.52. The Labute approximate surface area is 166 Å². The van der Waals surface area contributed by atoms with Gasteiger partial charge >= 0.3 is 0 Å². The normalized spacial score (nSPS) is 10.1. The molecule has 2 heterocycles. The Kier molecular flexibility index (Phi) is 8.40. The Morgan fingerprint density at radius 3 is 2.39 bits per heavy atom. The highest BCUT2D eigenvalue weighted by atomic mass is 19.1. The Morgan fingerprint density at radius 1 is 1.07 bits per heavy atom. The van der Waals surface area contributed by atoms with Crippen LogP contribution in [0.15, 0.2) is 61.1 Å². The summed E-state index contributed by atoms with van der Waals surface area (Å²) in [4.78, 5) is 4.10. The van der Waals surface area contributed by atoms with E-state index in [4.69, 9.17) is 0 Å². The molecule has 0 aliphatic carbocycles. The van der Waals surface area contributed by atoms with Crippen LogP contribution >= 0.6 is 0 Å². The highest BCUT2D eigenvalue weighted by Gasteiger charge is 2.16. The number of halogens is 1. The Morgan fingerprint density at radius 2 is 1.75 bits per heavy atom. The number of hydrogen-bond acceptors (Lipinski definition) is 3. The lowest BCUT2D eigenvalue weighted by molar-refractivity contribution is 0.628. The van der Waals surface area contributed by atoms with Gasteiger partial charge in [-0.2, -0.15) is 5.10 Å². The fourth-order valence-corrected chi connectivity index (χ4v) is 2.84. The van der Waals surface area contributed by atoms with Gasteiger partial charge in [0.1, 0.15) is 11.5 Å². The minimum absolute atomic E-state index is 0.260. The molecule has 28 heavy (non-hydrogen) atoms. The zero-order valence-corrected chi connectivity index (χ0v) is 16.9. The first-order valence-corrected chi connectivity index (χ1v) is 9.84. The van der Waals surface area contributed by atoms with E-state index in [2.05, 4.69) is 34.0 Å². The monoisotopic (exact) mass is 380 g/mol. The molecule has 1 aromatic carbocycles. The lowest BCUT2D eigenvalue weighted by Crippen LogP contribution is -2.12. The van der Waals surface area contributed by atoms with Gasteiger partial charge in [0.05, 0.1) is 12.2 Å². The van der Waals surface area contributed by atoms with Crippen molar-refractivity contribution in [3.8, 4) is 22.4 Å². The first kappa shape index (κ1) is 21.4. The largest absolute Gasteiger partial charge is 0.383 e. The molecule has 148 valence electrons. The molecule has 0 aliphatic heterocycles. The number of unbranched alkanes of at least 4 members (excludes halogenated alkanes) is 1. The highest BCUT2D eigenvalue weighted by Crippen LogP contribution is 2.33. The molecule has 0 aliphatic rings. The van der Waals surface area contributed by atoms with Crippen molar-refractivity contribution in [2.24, 2.45) is 0 Å². The molecule has 0 bridgehead atoms. The van der Waals surface area contributed by atoms with Gasteiger partial charge in [-0.1, -0.05) is 33.8 Å². The molecule has 0 amide bonds. The van der Waals surface area contributed by atoms with Gasteiger partial charge in [0.15, 0.2) is 0 Å². The molecule has 2 N–H and O–H groups in total. The number of rotatable bonds is 8. The summed E-state index contributed by atoms with van der Waals surface area (Å²) in [6.07, 6.45) is 6.73. The third-order valence-electron chi connectivity index (χ3n) is 4.28. The standard InChI is InChI=1S/C21H23FN4.C2H6/c1-3-4-5-15(2)24-14-19-20(16-10-12-23-13-11-16)21(26-25-19)17-6-8-18(22)9-7-17;1-2/h6-13,24H,2-5,14H2,1H3,(H,25,26);1-2H3. The minimum Gasteiger partial charge on any atom is -0.383 e. The van der Waals surface area contributed by atoms with Gasteiger partial charge in [-0.3, -0.25) is 10.1 Å². The van der Waals surface area contributed by atoms with Crippen LogP contribution in [0.5, 0.6) is 0 Å². The van der Waals surface area contributed by atoms with Gasteiger partial charge in [-0.15, -0.1) is 0 Å². The zero-order chi connectivity index (χ0) is 20.4. The molecule has 2 aromatic heterocycles. The molecule has 0 radical (unpaired) electrons. The molecule has 0 fully saturated rings. The number of nitrogens with one attached hydrogen (secondary N) is 2. The smallest absolute Gasteiger partial charge is 0.123 e. The zero-order valence-electron chi connectivity index (χ0n) is 16.9. The second-order valence-electron chi connectivity index (χ2n) is 6.23. The van der Waals surface area contributed by atoms with Crippen molar-refractivity contribution in [2.45, 2.75) is 46.6 Å². The maximum atomic E-state index is 13.3. The van der Waals surface area contributed by atoms with Gasteiger partial charge in [-0.25, -0.2) is 4.39 Å². The Bertz CT molecular complexity index is 854. The van der Waals surface area contributed by atoms with Crippen molar-refractivity contribution < 1.29 is 4.39 Å². The molecular formula is C23H29FN4. The van der Waals surface area contributed by atoms with Crippen molar-refractivity contribution in [1.82, 2.24) is 20.5 Å². The number of hydrogen-bond donors (Lipinski definition) is 2. The number of nitrogens with zero attached hydrogens (tertiary/aromatic N) is 2. The van der Waals surface area contributed by atoms with Crippen LogP contribution in [-0.4, -0.2) is 15.2 Å². The number of benzene rings is 1. The lowest BCUT2D eigenvalue weighted by atomic mass is 9.99. The molecule has 0 unspecified atom stereocenters. The molecule has 0 atom stereocenters. The summed E-state index contributed by atoms with van der Waals surface area (Å²) in [5.74, 6) is -0.260. The first-order chi connectivity index (χ1) is 13.7. The number of allylic oxidation sites excluding steroid dienone is 1. The maximum Gasteiger partial charge on any atom is 0.123 e. The quantitative estimate of drug-likeness (QED) is 0.496.